The van der Waals surface area contributed by atoms with Gasteiger partial charge in [-0.3, -0.25) is 14.5 Å². The molecular formula is C29H42N2O7. The maximum atomic E-state index is 13.6. The number of likely N-dealkylation sites (tertiary alicyclic amines) is 1. The van der Waals surface area contributed by atoms with Gasteiger partial charge in [-0.15, -0.1) is 0 Å². The van der Waals surface area contributed by atoms with Crippen LogP contribution in [0, 0.1) is 5.92 Å². The van der Waals surface area contributed by atoms with Gasteiger partial charge < -0.3 is 24.2 Å². The van der Waals surface area contributed by atoms with Crippen LogP contribution in [0.25, 0.3) is 0 Å². The summed E-state index contributed by atoms with van der Waals surface area (Å²) in [4.78, 5) is 42.7. The lowest BCUT2D eigenvalue weighted by Gasteiger charge is -2.40. The molecule has 0 radical (unpaired) electrons. The predicted octanol–water partition coefficient (Wildman–Crippen LogP) is 4.34. The number of carboxylic acid groups (broad SMARTS) is 1. The molecule has 1 aromatic carbocycles. The van der Waals surface area contributed by atoms with Crippen LogP contribution in [0.3, 0.4) is 0 Å². The highest BCUT2D eigenvalue weighted by atomic mass is 16.7. The quantitative estimate of drug-likeness (QED) is 0.314. The van der Waals surface area contributed by atoms with Crippen LogP contribution < -0.4 is 9.47 Å². The van der Waals surface area contributed by atoms with Gasteiger partial charge in [0.15, 0.2) is 11.5 Å². The van der Waals surface area contributed by atoms with E-state index in [-0.39, 0.29) is 19.2 Å². The lowest BCUT2D eigenvalue weighted by molar-refractivity contribution is -0.149. The Kier molecular flexibility index (Phi) is 9.82. The van der Waals surface area contributed by atoms with Crippen LogP contribution in [0.2, 0.25) is 0 Å². The molecule has 0 aromatic heterocycles. The minimum absolute atomic E-state index is 0.0321. The van der Waals surface area contributed by atoms with Gasteiger partial charge in [-0.25, -0.2) is 4.79 Å². The van der Waals surface area contributed by atoms with Crippen molar-refractivity contribution in [2.75, 3.05) is 33.0 Å². The molecule has 2 aliphatic heterocycles. The molecule has 0 aliphatic carbocycles. The van der Waals surface area contributed by atoms with Crippen molar-refractivity contribution in [1.82, 2.24) is 9.80 Å². The second-order valence-electron chi connectivity index (χ2n) is 10.9. The van der Waals surface area contributed by atoms with E-state index in [0.29, 0.717) is 43.1 Å². The highest BCUT2D eigenvalue weighted by Crippen LogP contribution is 2.47. The molecule has 0 bridgehead atoms. The van der Waals surface area contributed by atoms with Crippen LogP contribution in [0.15, 0.2) is 30.4 Å². The molecule has 2 atom stereocenters. The molecule has 2 unspecified atom stereocenters. The van der Waals surface area contributed by atoms with Crippen LogP contribution >= 0.6 is 0 Å². The van der Waals surface area contributed by atoms with E-state index in [1.54, 1.807) is 45.0 Å². The molecular weight excluding hydrogens is 488 g/mol. The van der Waals surface area contributed by atoms with Gasteiger partial charge in [-0.05, 0) is 57.7 Å². The molecule has 1 aromatic rings. The van der Waals surface area contributed by atoms with Crippen molar-refractivity contribution in [2.24, 2.45) is 5.92 Å². The minimum Gasteiger partial charge on any atom is -0.481 e. The van der Waals surface area contributed by atoms with Crippen LogP contribution in [0.5, 0.6) is 11.5 Å². The number of nitrogens with zero attached hydrogens (tertiary/aromatic N) is 2. The van der Waals surface area contributed by atoms with Crippen LogP contribution in [-0.2, 0) is 24.7 Å². The molecule has 2 heterocycles. The zero-order chi connectivity index (χ0) is 27.9. The number of unbranched alkanes of at least 4 members (excludes halogenated alkanes) is 2. The first-order valence-corrected chi connectivity index (χ1v) is 13.6. The molecule has 1 saturated heterocycles. The van der Waals surface area contributed by atoms with E-state index in [4.69, 9.17) is 14.2 Å². The highest BCUT2D eigenvalue weighted by Gasteiger charge is 2.53. The van der Waals surface area contributed by atoms with Gasteiger partial charge in [-0.1, -0.05) is 38.8 Å². The Morgan fingerprint density at radius 3 is 2.39 bits per heavy atom. The van der Waals surface area contributed by atoms with Crippen LogP contribution in [0.1, 0.15) is 72.3 Å². The van der Waals surface area contributed by atoms with Gasteiger partial charge in [0.25, 0.3) is 0 Å². The van der Waals surface area contributed by atoms with Gasteiger partial charge in [0.1, 0.15) is 5.60 Å². The third kappa shape index (κ3) is 6.87. The van der Waals surface area contributed by atoms with Gasteiger partial charge in [0, 0.05) is 25.7 Å². The smallest absolute Gasteiger partial charge is 0.331 e. The van der Waals surface area contributed by atoms with Crippen LogP contribution in [-0.4, -0.2) is 71.3 Å². The summed E-state index contributed by atoms with van der Waals surface area (Å²) in [5, 5.41) is 10.3. The zero-order valence-corrected chi connectivity index (χ0v) is 23.3. The Hall–Kier alpha value is -3.07. The number of amides is 1. The molecule has 0 spiro atoms. The normalized spacial score (nSPS) is 21.1. The summed E-state index contributed by atoms with van der Waals surface area (Å²) in [5.74, 6) is -1.45. The lowest BCUT2D eigenvalue weighted by atomic mass is 9.78. The average Bonchev–Trinajstić information content (AvgIpc) is 3.46. The van der Waals surface area contributed by atoms with Gasteiger partial charge in [-0.2, -0.15) is 0 Å². The Labute approximate surface area is 225 Å². The van der Waals surface area contributed by atoms with Crippen molar-refractivity contribution in [3.8, 4) is 11.5 Å². The summed E-state index contributed by atoms with van der Waals surface area (Å²) in [6.45, 7) is 11.3. The summed E-state index contributed by atoms with van der Waals surface area (Å²) in [6, 6.07) is 5.29. The third-order valence-corrected chi connectivity index (χ3v) is 7.00. The molecule has 2 aliphatic rings. The molecule has 3 rings (SSSR count). The number of rotatable bonds is 12. The largest absolute Gasteiger partial charge is 0.481 e. The first-order chi connectivity index (χ1) is 18.0. The standard InChI is InChI=1S/C29H42N2O7/c1-6-8-15-30(16-9-7-2)25(32)19-31-17-13-22(27(34)35)29(31,14-12-26(33)38-28(3,4)5)21-10-11-23-24(18-21)37-20-36-23/h10-12,14,18,22H,6-9,13,15-17,19-20H2,1-5H3,(H,34,35). The number of carbonyl (C=O) groups excluding carboxylic acids is 2. The van der Waals surface area contributed by atoms with Crippen molar-refractivity contribution in [1.29, 1.82) is 0 Å². The number of esters is 1. The number of hydrogen-bond donors (Lipinski definition) is 1. The van der Waals surface area contributed by atoms with Crippen molar-refractivity contribution in [2.45, 2.75) is 77.9 Å². The predicted molar refractivity (Wildman–Crippen MR) is 143 cm³/mol. The number of hydrogen-bond acceptors (Lipinski definition) is 7. The maximum Gasteiger partial charge on any atom is 0.331 e. The Morgan fingerprint density at radius 2 is 1.79 bits per heavy atom. The average molecular weight is 531 g/mol. The van der Waals surface area contributed by atoms with Gasteiger partial charge >= 0.3 is 11.9 Å². The molecule has 1 N–H and O–H groups in total. The fraction of sp³-hybridized carbons (Fsp3) is 0.621. The van der Waals surface area contributed by atoms with E-state index in [1.807, 2.05) is 9.80 Å². The molecule has 9 heteroatoms. The second-order valence-corrected chi connectivity index (χ2v) is 10.9. The van der Waals surface area contributed by atoms with Gasteiger partial charge in [0.2, 0.25) is 12.7 Å². The molecule has 38 heavy (non-hydrogen) atoms. The topological polar surface area (TPSA) is 106 Å². The van der Waals surface area contributed by atoms with Crippen molar-refractivity contribution in [3.05, 3.63) is 35.9 Å². The summed E-state index contributed by atoms with van der Waals surface area (Å²) >= 11 is 0. The minimum atomic E-state index is -1.26. The van der Waals surface area contributed by atoms with E-state index in [9.17, 15) is 19.5 Å². The first-order valence-electron chi connectivity index (χ1n) is 13.6. The Morgan fingerprint density at radius 1 is 1.13 bits per heavy atom. The molecule has 1 amide bonds. The van der Waals surface area contributed by atoms with Crippen molar-refractivity contribution in [3.63, 3.8) is 0 Å². The molecule has 9 nitrogen and oxygen atoms in total. The summed E-state index contributed by atoms with van der Waals surface area (Å²) in [5.41, 5.74) is -1.35. The summed E-state index contributed by atoms with van der Waals surface area (Å²) in [7, 11) is 0. The van der Waals surface area contributed by atoms with Crippen molar-refractivity contribution >= 4 is 17.8 Å². The zero-order valence-electron chi connectivity index (χ0n) is 23.3. The maximum absolute atomic E-state index is 13.6. The fourth-order valence-corrected chi connectivity index (χ4v) is 5.13. The highest BCUT2D eigenvalue weighted by molar-refractivity contribution is 5.84. The van der Waals surface area contributed by atoms with E-state index < -0.39 is 29.0 Å². The molecule has 0 saturated carbocycles. The number of aliphatic carboxylic acids is 1. The fourth-order valence-electron chi connectivity index (χ4n) is 5.13. The van der Waals surface area contributed by atoms with E-state index >= 15 is 0 Å². The molecule has 1 fully saturated rings. The first kappa shape index (κ1) is 29.5. The van der Waals surface area contributed by atoms with Crippen molar-refractivity contribution < 1.29 is 33.7 Å². The monoisotopic (exact) mass is 530 g/mol. The lowest BCUT2D eigenvalue weighted by Crippen LogP contribution is -2.50. The van der Waals surface area contributed by atoms with E-state index in [2.05, 4.69) is 13.8 Å². The third-order valence-electron chi connectivity index (χ3n) is 7.00. The number of benzene rings is 1. The second kappa shape index (κ2) is 12.7. The molecule has 210 valence electrons. The number of fused-ring (bicyclic) bond motifs is 1. The van der Waals surface area contributed by atoms with E-state index in [1.165, 1.54) is 6.08 Å². The SMILES string of the molecule is CCCCN(CCCC)C(=O)CN1CCC(C(=O)O)C1(C=CC(=O)OC(C)(C)C)c1ccc2c(c1)OCO2. The number of ether oxygens (including phenoxy) is 3. The number of carboxylic acids is 1. The van der Waals surface area contributed by atoms with E-state index in [0.717, 1.165) is 25.7 Å². The van der Waals surface area contributed by atoms with Crippen LogP contribution in [0.4, 0.5) is 0 Å². The van der Waals surface area contributed by atoms with Gasteiger partial charge in [0.05, 0.1) is 18.0 Å². The summed E-state index contributed by atoms with van der Waals surface area (Å²) in [6.07, 6.45) is 6.96. The number of carbonyl (C=O) groups is 3. The summed E-state index contributed by atoms with van der Waals surface area (Å²) < 4.78 is 16.5. The Balaban J connectivity index is 2.05. The Bertz CT molecular complexity index is 1020.